The molecule has 3 nitrogen and oxygen atoms in total. The van der Waals surface area contributed by atoms with Crippen molar-refractivity contribution in [3.8, 4) is 0 Å². The first-order valence-electron chi connectivity index (χ1n) is 6.21. The van der Waals surface area contributed by atoms with Crippen molar-refractivity contribution in [2.75, 3.05) is 20.6 Å². The van der Waals surface area contributed by atoms with Crippen LogP contribution in [0.1, 0.15) is 34.6 Å². The number of esters is 1. The molecule has 0 aromatic heterocycles. The quantitative estimate of drug-likeness (QED) is 0.529. The Morgan fingerprint density at radius 2 is 1.82 bits per heavy atom. The summed E-state index contributed by atoms with van der Waals surface area (Å²) in [7, 11) is 3.92. The van der Waals surface area contributed by atoms with E-state index in [9.17, 15) is 4.79 Å². The predicted molar refractivity (Wildman–Crippen MR) is 71.9 cm³/mol. The van der Waals surface area contributed by atoms with E-state index in [0.717, 1.165) is 6.54 Å². The van der Waals surface area contributed by atoms with Crippen LogP contribution in [0.3, 0.4) is 0 Å². The van der Waals surface area contributed by atoms with Crippen molar-refractivity contribution in [1.29, 1.82) is 0 Å². The van der Waals surface area contributed by atoms with Gasteiger partial charge in [-0.05, 0) is 39.8 Å². The van der Waals surface area contributed by atoms with E-state index in [1.807, 2.05) is 38.9 Å². The number of nitrogens with zero attached hydrogens (tertiary/aromatic N) is 1. The minimum absolute atomic E-state index is 0.260. The van der Waals surface area contributed by atoms with Crippen molar-refractivity contribution in [2.45, 2.75) is 40.2 Å². The molecule has 0 spiro atoms. The summed E-state index contributed by atoms with van der Waals surface area (Å²) in [4.78, 5) is 13.6. The molecule has 3 heteroatoms. The molecule has 0 aliphatic carbocycles. The minimum Gasteiger partial charge on any atom is -0.456 e. The Labute approximate surface area is 106 Å². The van der Waals surface area contributed by atoms with Crippen molar-refractivity contribution in [3.05, 3.63) is 12.2 Å². The highest BCUT2D eigenvalue weighted by molar-refractivity contribution is 5.82. The summed E-state index contributed by atoms with van der Waals surface area (Å²) in [6, 6.07) is 0. The van der Waals surface area contributed by atoms with Crippen LogP contribution in [0.5, 0.6) is 0 Å². The fourth-order valence-corrected chi connectivity index (χ4v) is 1.55. The van der Waals surface area contributed by atoms with Crippen LogP contribution >= 0.6 is 0 Å². The second kappa shape index (κ2) is 6.80. The van der Waals surface area contributed by atoms with Crippen molar-refractivity contribution in [2.24, 2.45) is 11.8 Å². The lowest BCUT2D eigenvalue weighted by molar-refractivity contribution is -0.156. The number of hydrogen-bond acceptors (Lipinski definition) is 3. The summed E-state index contributed by atoms with van der Waals surface area (Å²) in [5, 5.41) is 0. The lowest BCUT2D eigenvalue weighted by atomic mass is 9.83. The van der Waals surface area contributed by atoms with Gasteiger partial charge in [-0.1, -0.05) is 26.8 Å². The Kier molecular flexibility index (Phi) is 6.46. The van der Waals surface area contributed by atoms with Crippen LogP contribution in [0.25, 0.3) is 0 Å². The molecule has 0 heterocycles. The molecule has 0 N–H and O–H groups in total. The zero-order valence-electron chi connectivity index (χ0n) is 12.3. The summed E-state index contributed by atoms with van der Waals surface area (Å²) in [5.74, 6) is 0.557. The molecule has 0 radical (unpaired) electrons. The number of ether oxygens (including phenoxy) is 1. The molecule has 0 aliphatic heterocycles. The highest BCUT2D eigenvalue weighted by Gasteiger charge is 2.31. The number of rotatable bonds is 6. The fraction of sp³-hybridized carbons (Fsp3) is 0.786. The van der Waals surface area contributed by atoms with Crippen molar-refractivity contribution in [1.82, 2.24) is 4.90 Å². The summed E-state index contributed by atoms with van der Waals surface area (Å²) < 4.78 is 5.50. The summed E-state index contributed by atoms with van der Waals surface area (Å²) >= 11 is 0. The second-order valence-corrected chi connectivity index (χ2v) is 5.72. The van der Waals surface area contributed by atoms with Crippen LogP contribution in [0.4, 0.5) is 0 Å². The van der Waals surface area contributed by atoms with Crippen molar-refractivity contribution < 1.29 is 9.53 Å². The van der Waals surface area contributed by atoms with Crippen molar-refractivity contribution in [3.63, 3.8) is 0 Å². The normalized spacial score (nSPS) is 14.6. The van der Waals surface area contributed by atoms with E-state index < -0.39 is 5.60 Å². The van der Waals surface area contributed by atoms with E-state index in [4.69, 9.17) is 4.74 Å². The van der Waals surface area contributed by atoms with E-state index in [-0.39, 0.29) is 5.97 Å². The van der Waals surface area contributed by atoms with E-state index in [0.29, 0.717) is 11.8 Å². The Balaban J connectivity index is 4.32. The third kappa shape index (κ3) is 6.47. The molecule has 0 bridgehead atoms. The van der Waals surface area contributed by atoms with E-state index in [1.165, 1.54) is 6.08 Å². The first-order valence-corrected chi connectivity index (χ1v) is 6.21. The summed E-state index contributed by atoms with van der Waals surface area (Å²) in [5.41, 5.74) is -0.423. The lowest BCUT2D eigenvalue weighted by Gasteiger charge is -2.33. The van der Waals surface area contributed by atoms with Crippen LogP contribution in [-0.4, -0.2) is 37.1 Å². The molecular weight excluding hydrogens is 214 g/mol. The maximum Gasteiger partial charge on any atom is 0.331 e. The molecular formula is C14H27NO2. The highest BCUT2D eigenvalue weighted by atomic mass is 16.6. The first kappa shape index (κ1) is 16.2. The SMILES string of the molecule is CC(C)C(C)C(C)(C)OC(=O)/C=C/CN(C)C. The summed E-state index contributed by atoms with van der Waals surface area (Å²) in [6.07, 6.45) is 3.33. The lowest BCUT2D eigenvalue weighted by Crippen LogP contribution is -2.37. The van der Waals surface area contributed by atoms with Crippen LogP contribution in [0.2, 0.25) is 0 Å². The largest absolute Gasteiger partial charge is 0.456 e. The Hall–Kier alpha value is -0.830. The van der Waals surface area contributed by atoms with Gasteiger partial charge in [0.15, 0.2) is 0 Å². The van der Waals surface area contributed by atoms with Gasteiger partial charge in [0.05, 0.1) is 0 Å². The van der Waals surface area contributed by atoms with Gasteiger partial charge in [-0.15, -0.1) is 0 Å². The highest BCUT2D eigenvalue weighted by Crippen LogP contribution is 2.27. The van der Waals surface area contributed by atoms with E-state index in [2.05, 4.69) is 20.8 Å². The maximum atomic E-state index is 11.6. The van der Waals surface area contributed by atoms with E-state index in [1.54, 1.807) is 0 Å². The molecule has 0 fully saturated rings. The Morgan fingerprint density at radius 3 is 2.24 bits per heavy atom. The smallest absolute Gasteiger partial charge is 0.331 e. The van der Waals surface area contributed by atoms with Gasteiger partial charge in [0.25, 0.3) is 0 Å². The van der Waals surface area contributed by atoms with Crippen LogP contribution in [0.15, 0.2) is 12.2 Å². The molecule has 0 aromatic carbocycles. The standard InChI is InChI=1S/C14H27NO2/c1-11(2)12(3)14(4,5)17-13(16)9-8-10-15(6)7/h8-9,11-12H,10H2,1-7H3/b9-8+. The monoisotopic (exact) mass is 241 g/mol. The Bertz CT molecular complexity index is 267. The molecule has 0 aromatic rings. The number of hydrogen-bond donors (Lipinski definition) is 0. The first-order chi connectivity index (χ1) is 7.66. The van der Waals surface area contributed by atoms with Crippen LogP contribution in [0, 0.1) is 11.8 Å². The van der Waals surface area contributed by atoms with Gasteiger partial charge in [0.1, 0.15) is 5.60 Å². The van der Waals surface area contributed by atoms with Gasteiger partial charge in [-0.2, -0.15) is 0 Å². The van der Waals surface area contributed by atoms with Crippen LogP contribution < -0.4 is 0 Å². The zero-order chi connectivity index (χ0) is 13.6. The predicted octanol–water partition coefficient (Wildman–Crippen LogP) is 2.72. The average molecular weight is 241 g/mol. The minimum atomic E-state index is -0.423. The molecule has 100 valence electrons. The average Bonchev–Trinajstić information content (AvgIpc) is 2.14. The molecule has 0 aliphatic rings. The number of carbonyl (C=O) groups is 1. The fourth-order valence-electron chi connectivity index (χ4n) is 1.55. The summed E-state index contributed by atoms with van der Waals surface area (Å²) in [6.45, 7) is 11.1. The molecule has 1 unspecified atom stereocenters. The molecule has 0 amide bonds. The molecule has 0 saturated carbocycles. The van der Waals surface area contributed by atoms with E-state index >= 15 is 0 Å². The van der Waals surface area contributed by atoms with Gasteiger partial charge < -0.3 is 9.64 Å². The van der Waals surface area contributed by atoms with Crippen LogP contribution in [-0.2, 0) is 9.53 Å². The third-order valence-corrected chi connectivity index (χ3v) is 3.18. The second-order valence-electron chi connectivity index (χ2n) is 5.72. The number of likely N-dealkylation sites (N-methyl/N-ethyl adjacent to an activating group) is 1. The molecule has 17 heavy (non-hydrogen) atoms. The zero-order valence-corrected chi connectivity index (χ0v) is 12.3. The van der Waals surface area contributed by atoms with Gasteiger partial charge in [-0.3, -0.25) is 0 Å². The van der Waals surface area contributed by atoms with Gasteiger partial charge >= 0.3 is 5.97 Å². The van der Waals surface area contributed by atoms with Gasteiger partial charge in [-0.25, -0.2) is 4.79 Å². The third-order valence-electron chi connectivity index (χ3n) is 3.18. The Morgan fingerprint density at radius 1 is 1.29 bits per heavy atom. The molecule has 1 atom stereocenters. The topological polar surface area (TPSA) is 29.5 Å². The molecule has 0 rings (SSSR count). The van der Waals surface area contributed by atoms with Gasteiger partial charge in [0.2, 0.25) is 0 Å². The molecule has 0 saturated heterocycles. The number of carbonyl (C=O) groups excluding carboxylic acids is 1. The van der Waals surface area contributed by atoms with Crippen molar-refractivity contribution >= 4 is 5.97 Å². The van der Waals surface area contributed by atoms with Gasteiger partial charge in [0, 0.05) is 12.6 Å². The maximum absolute atomic E-state index is 11.6.